The minimum absolute atomic E-state index is 0.118. The Bertz CT molecular complexity index is 1240. The van der Waals surface area contributed by atoms with Crippen molar-refractivity contribution in [3.05, 3.63) is 102 Å². The monoisotopic (exact) mass is 532 g/mol. The van der Waals surface area contributed by atoms with Crippen molar-refractivity contribution < 1.29 is 48.0 Å². The van der Waals surface area contributed by atoms with Crippen molar-refractivity contribution in [1.29, 1.82) is 0 Å². The van der Waals surface area contributed by atoms with Crippen LogP contribution < -0.4 is 0 Å². The van der Waals surface area contributed by atoms with E-state index < -0.39 is 30.7 Å². The van der Waals surface area contributed by atoms with Gasteiger partial charge in [-0.25, -0.2) is 4.42 Å². The van der Waals surface area contributed by atoms with Crippen LogP contribution in [0.15, 0.2) is 95.4 Å². The van der Waals surface area contributed by atoms with Gasteiger partial charge < -0.3 is 17.3 Å². The molecule has 0 saturated heterocycles. The van der Waals surface area contributed by atoms with Gasteiger partial charge in [0.15, 0.2) is 0 Å². The van der Waals surface area contributed by atoms with Crippen LogP contribution in [0.2, 0.25) is 0 Å². The number of hydrogen-bond donors (Lipinski definition) is 0. The Kier molecular flexibility index (Phi) is 7.99. The van der Waals surface area contributed by atoms with E-state index >= 15 is 0 Å². The van der Waals surface area contributed by atoms with Gasteiger partial charge in [0.25, 0.3) is 0 Å². The molecule has 0 spiro atoms. The average molecular weight is 532 g/mol. The van der Waals surface area contributed by atoms with Crippen molar-refractivity contribution >= 4 is 7.25 Å². The van der Waals surface area contributed by atoms with E-state index in [4.69, 9.17) is 4.42 Å². The fourth-order valence-electron chi connectivity index (χ4n) is 3.28. The van der Waals surface area contributed by atoms with Gasteiger partial charge in [-0.15, -0.1) is 0 Å². The quantitative estimate of drug-likeness (QED) is 0.145. The minimum atomic E-state index is -6.00. The number of benzene rings is 3. The van der Waals surface area contributed by atoms with Gasteiger partial charge in [0.1, 0.15) is 0 Å². The van der Waals surface area contributed by atoms with Gasteiger partial charge in [0, 0.05) is 5.56 Å². The van der Waals surface area contributed by atoms with Crippen LogP contribution in [0.1, 0.15) is 11.1 Å². The first-order valence-corrected chi connectivity index (χ1v) is 10.4. The first-order chi connectivity index (χ1) is 17.1. The highest BCUT2D eigenvalue weighted by Gasteiger charge is 2.37. The molecule has 0 N–H and O–H groups in total. The third-order valence-corrected chi connectivity index (χ3v) is 4.83. The van der Waals surface area contributed by atoms with Crippen molar-refractivity contribution in [3.8, 4) is 33.8 Å². The Morgan fingerprint density at radius 1 is 0.459 bits per heavy atom. The number of hydrogen-bond acceptors (Lipinski definition) is 0. The summed E-state index contributed by atoms with van der Waals surface area (Å²) < 4.78 is 125. The molecule has 0 fully saturated rings. The summed E-state index contributed by atoms with van der Waals surface area (Å²) in [5, 5.41) is 0. The highest BCUT2D eigenvalue weighted by Crippen LogP contribution is 2.40. The molecule has 0 unspecified atom stereocenters. The molecule has 0 saturated carbocycles. The molecule has 194 valence electrons. The summed E-state index contributed by atoms with van der Waals surface area (Å²) in [7, 11) is -6.00. The molecule has 0 radical (unpaired) electrons. The lowest BCUT2D eigenvalue weighted by Crippen LogP contribution is -2.11. The van der Waals surface area contributed by atoms with Crippen LogP contribution in [0.25, 0.3) is 33.8 Å². The first-order valence-electron chi connectivity index (χ1n) is 10.4. The number of halogens is 10. The molecule has 4 rings (SSSR count). The maximum absolute atomic E-state index is 13.4. The van der Waals surface area contributed by atoms with E-state index in [1.165, 1.54) is 12.1 Å². The summed E-state index contributed by atoms with van der Waals surface area (Å²) in [5.74, 6) is 0.626. The molecule has 12 heteroatoms. The largest absolute Gasteiger partial charge is 0.673 e. The first kappa shape index (κ1) is 27.8. The molecule has 0 aliphatic rings. The molecule has 3 aromatic carbocycles. The predicted octanol–water partition coefficient (Wildman–Crippen LogP) is 9.90. The lowest BCUT2D eigenvalue weighted by molar-refractivity contribution is -0.143. The Morgan fingerprint density at radius 2 is 0.784 bits per heavy atom. The minimum Gasteiger partial charge on any atom is -0.418 e. The maximum Gasteiger partial charge on any atom is 0.673 e. The summed E-state index contributed by atoms with van der Waals surface area (Å²) in [4.78, 5) is 0. The molecule has 0 aliphatic heterocycles. The summed E-state index contributed by atoms with van der Waals surface area (Å²) in [5.41, 5.74) is -1.51. The summed E-state index contributed by atoms with van der Waals surface area (Å²) >= 11 is 0. The molecule has 0 aliphatic carbocycles. The Hall–Kier alpha value is -3.83. The fraction of sp³-hybridized carbons (Fsp3) is 0.0800. The molecule has 1 nitrogen and oxygen atoms in total. The van der Waals surface area contributed by atoms with E-state index in [9.17, 15) is 43.6 Å². The maximum atomic E-state index is 13.4. The highest BCUT2D eigenvalue weighted by atomic mass is 19.5. The van der Waals surface area contributed by atoms with E-state index in [1.54, 1.807) is 60.7 Å². The van der Waals surface area contributed by atoms with E-state index in [0.717, 1.165) is 0 Å². The summed E-state index contributed by atoms with van der Waals surface area (Å²) in [6.07, 6.45) is -9.86. The molecule has 0 amide bonds. The Balaban J connectivity index is 0.000000695. The smallest absolute Gasteiger partial charge is 0.418 e. The van der Waals surface area contributed by atoms with E-state index in [0.29, 0.717) is 34.8 Å². The topological polar surface area (TPSA) is 11.3 Å². The van der Waals surface area contributed by atoms with Crippen LogP contribution in [0, 0.1) is 0 Å². The lowest BCUT2D eigenvalue weighted by Gasteiger charge is -2.14. The summed E-state index contributed by atoms with van der Waals surface area (Å²) in [6.45, 7) is 0. The van der Waals surface area contributed by atoms with Crippen molar-refractivity contribution in [2.75, 3.05) is 0 Å². The van der Waals surface area contributed by atoms with Crippen LogP contribution in [0.5, 0.6) is 0 Å². The summed E-state index contributed by atoms with van der Waals surface area (Å²) in [6, 6.07) is 22.0. The van der Waals surface area contributed by atoms with Crippen LogP contribution in [-0.2, 0) is 12.4 Å². The molecular weight excluding hydrogens is 517 g/mol. The number of alkyl halides is 6. The third kappa shape index (κ3) is 8.09. The third-order valence-electron chi connectivity index (χ3n) is 4.83. The second-order valence-corrected chi connectivity index (χ2v) is 7.60. The van der Waals surface area contributed by atoms with E-state index in [1.807, 2.05) is 0 Å². The van der Waals surface area contributed by atoms with Gasteiger partial charge in [0.2, 0.25) is 0 Å². The molecular formula is C25H15BF10O. The van der Waals surface area contributed by atoms with Crippen LogP contribution >= 0.6 is 0 Å². The van der Waals surface area contributed by atoms with Gasteiger partial charge in [0.05, 0.1) is 34.4 Å². The number of rotatable bonds is 3. The predicted molar refractivity (Wildman–Crippen MR) is 120 cm³/mol. The van der Waals surface area contributed by atoms with E-state index in [-0.39, 0.29) is 17.2 Å². The van der Waals surface area contributed by atoms with Gasteiger partial charge in [-0.05, 0) is 48.0 Å². The van der Waals surface area contributed by atoms with Gasteiger partial charge in [-0.2, -0.15) is 26.3 Å². The van der Waals surface area contributed by atoms with Gasteiger partial charge >= 0.3 is 31.1 Å². The Morgan fingerprint density at radius 3 is 1.11 bits per heavy atom. The van der Waals surface area contributed by atoms with Crippen LogP contribution in [0.4, 0.5) is 43.6 Å². The SMILES string of the molecule is FC(F)(F)c1cc(-c2cc(-c3ccccc3)[o+]c(-c3ccccc3)c2)cc(C(F)(F)F)c1.F[B-](F)(F)F. The Labute approximate surface area is 204 Å². The average Bonchev–Trinajstić information content (AvgIpc) is 2.82. The highest BCUT2D eigenvalue weighted by molar-refractivity contribution is 6.50. The van der Waals surface area contributed by atoms with Crippen LogP contribution in [0.3, 0.4) is 0 Å². The molecule has 0 bridgehead atoms. The second-order valence-electron chi connectivity index (χ2n) is 7.60. The normalized spacial score (nSPS) is 12.1. The van der Waals surface area contributed by atoms with Crippen molar-refractivity contribution in [1.82, 2.24) is 0 Å². The zero-order valence-electron chi connectivity index (χ0n) is 18.4. The standard InChI is InChI=1S/C25H15F6O.BF4/c26-24(27,28)20-11-18(12-21(15-20)25(29,30)31)19-13-22(16-7-3-1-4-8-16)32-23(14-19)17-9-5-2-6-10-17;2-1(3,4)5/h1-15H;/q+1;-1. The molecule has 4 aromatic rings. The molecule has 0 atom stereocenters. The van der Waals surface area contributed by atoms with Crippen LogP contribution in [-0.4, -0.2) is 7.25 Å². The van der Waals surface area contributed by atoms with Crippen molar-refractivity contribution in [3.63, 3.8) is 0 Å². The van der Waals surface area contributed by atoms with Crippen molar-refractivity contribution in [2.45, 2.75) is 12.4 Å². The molecule has 1 heterocycles. The fourth-order valence-corrected chi connectivity index (χ4v) is 3.28. The van der Waals surface area contributed by atoms with Crippen molar-refractivity contribution in [2.24, 2.45) is 0 Å². The molecule has 37 heavy (non-hydrogen) atoms. The van der Waals surface area contributed by atoms with Gasteiger partial charge in [-0.3, -0.25) is 0 Å². The molecule has 1 aromatic heterocycles. The zero-order chi connectivity index (χ0) is 27.4. The lowest BCUT2D eigenvalue weighted by atomic mass is 9.97. The van der Waals surface area contributed by atoms with E-state index in [2.05, 4.69) is 0 Å². The van der Waals surface area contributed by atoms with Gasteiger partial charge in [-0.1, -0.05) is 36.4 Å². The second kappa shape index (κ2) is 10.7. The zero-order valence-corrected chi connectivity index (χ0v) is 18.4.